The normalized spacial score (nSPS) is 37.5. The Kier molecular flexibility index (Phi) is 8.75. The maximum atomic E-state index is 13.1. The van der Waals surface area contributed by atoms with Crippen LogP contribution in [0.3, 0.4) is 0 Å². The summed E-state index contributed by atoms with van der Waals surface area (Å²) >= 11 is 11.5. The first-order valence-corrected chi connectivity index (χ1v) is 14.8. The topological polar surface area (TPSA) is 66.8 Å². The number of benzene rings is 1. The van der Waals surface area contributed by atoms with Crippen LogP contribution in [0.5, 0.6) is 5.75 Å². The molecule has 1 aromatic carbocycles. The minimum atomic E-state index is -0.912. The highest BCUT2D eigenvalue weighted by molar-refractivity contribution is 9.10. The van der Waals surface area contributed by atoms with Crippen LogP contribution in [0.15, 0.2) is 30.4 Å². The third kappa shape index (κ3) is 5.95. The van der Waals surface area contributed by atoms with Crippen LogP contribution >= 0.6 is 47.8 Å². The second-order valence-corrected chi connectivity index (χ2v) is 14.4. The molecule has 7 heteroatoms. The third-order valence-corrected chi connectivity index (χ3v) is 12.6. The lowest BCUT2D eigenvalue weighted by molar-refractivity contribution is -0.00700. The van der Waals surface area contributed by atoms with Crippen LogP contribution in [0, 0.1) is 11.3 Å². The van der Waals surface area contributed by atoms with Crippen molar-refractivity contribution in [1.29, 1.82) is 0 Å². The van der Waals surface area contributed by atoms with Crippen LogP contribution in [0.1, 0.15) is 82.1 Å². The number of phenolic OH excluding ortho intramolecular Hbond substituents is 1. The van der Waals surface area contributed by atoms with E-state index in [0.717, 1.165) is 31.2 Å². The van der Waals surface area contributed by atoms with E-state index in [9.17, 15) is 15.0 Å². The molecule has 1 aromatic rings. The van der Waals surface area contributed by atoms with Crippen molar-refractivity contribution >= 4 is 53.8 Å². The number of phenols is 1. The van der Waals surface area contributed by atoms with Crippen LogP contribution in [-0.2, 0) is 11.2 Å². The molecular weight excluding hydrogens is 628 g/mol. The van der Waals surface area contributed by atoms with Gasteiger partial charge in [-0.2, -0.15) is 0 Å². The predicted octanol–water partition coefficient (Wildman–Crippen LogP) is 7.46. The van der Waals surface area contributed by atoms with Crippen molar-refractivity contribution < 1.29 is 19.7 Å². The van der Waals surface area contributed by atoms with Gasteiger partial charge in [-0.3, -0.25) is 0 Å². The molecule has 34 heavy (non-hydrogen) atoms. The Labute approximate surface area is 229 Å². The summed E-state index contributed by atoms with van der Waals surface area (Å²) in [5, 5.41) is 22.0. The van der Waals surface area contributed by atoms with E-state index in [1.54, 1.807) is 18.2 Å². The van der Waals surface area contributed by atoms with Crippen LogP contribution < -0.4 is 0 Å². The van der Waals surface area contributed by atoms with Crippen molar-refractivity contribution in [2.45, 2.75) is 98.3 Å². The van der Waals surface area contributed by atoms with Crippen molar-refractivity contribution in [3.63, 3.8) is 0 Å². The van der Waals surface area contributed by atoms with E-state index in [0.29, 0.717) is 29.7 Å². The van der Waals surface area contributed by atoms with Gasteiger partial charge in [0.15, 0.2) is 0 Å². The van der Waals surface area contributed by atoms with Gasteiger partial charge in [-0.1, -0.05) is 66.9 Å². The summed E-state index contributed by atoms with van der Waals surface area (Å²) in [5.41, 5.74) is 0.536. The van der Waals surface area contributed by atoms with Gasteiger partial charge in [0.1, 0.15) is 11.4 Å². The predicted molar refractivity (Wildman–Crippen MR) is 149 cm³/mol. The van der Waals surface area contributed by atoms with E-state index >= 15 is 0 Å². The quantitative estimate of drug-likeness (QED) is 0.172. The fourth-order valence-electron chi connectivity index (χ4n) is 5.34. The number of rotatable bonds is 0. The molecular formula is C27H37Br3O4. The van der Waals surface area contributed by atoms with E-state index in [4.69, 9.17) is 4.74 Å². The molecule has 0 aromatic heterocycles. The van der Waals surface area contributed by atoms with Crippen molar-refractivity contribution in [3.8, 4) is 5.75 Å². The average Bonchev–Trinajstić information content (AvgIpc) is 2.76. The molecule has 2 aliphatic rings. The van der Waals surface area contributed by atoms with Crippen molar-refractivity contribution in [2.24, 2.45) is 11.3 Å². The minimum absolute atomic E-state index is 0.0811. The smallest absolute Gasteiger partial charge is 0.338 e. The molecule has 6 atom stereocenters. The molecule has 4 nitrogen and oxygen atoms in total. The zero-order valence-corrected chi connectivity index (χ0v) is 25.3. The molecule has 3 rings (SSSR count). The van der Waals surface area contributed by atoms with Crippen molar-refractivity contribution in [3.05, 3.63) is 41.5 Å². The fraction of sp³-hybridized carbons (Fsp3) is 0.667. The number of hydrogen-bond donors (Lipinski definition) is 2. The molecule has 190 valence electrons. The Morgan fingerprint density at radius 2 is 1.65 bits per heavy atom. The highest BCUT2D eigenvalue weighted by atomic mass is 79.9. The zero-order chi connectivity index (χ0) is 25.5. The van der Waals surface area contributed by atoms with Crippen molar-refractivity contribution in [2.75, 3.05) is 0 Å². The third-order valence-electron chi connectivity index (χ3n) is 8.09. The molecule has 0 saturated heterocycles. The molecule has 1 heterocycles. The van der Waals surface area contributed by atoms with Crippen LogP contribution in [0.2, 0.25) is 0 Å². The number of allylic oxidation sites excluding steroid dienone is 1. The van der Waals surface area contributed by atoms with E-state index < -0.39 is 17.2 Å². The number of alkyl halides is 3. The summed E-state index contributed by atoms with van der Waals surface area (Å²) in [6.45, 7) is 12.3. The number of ether oxygens (including phenoxy) is 1. The van der Waals surface area contributed by atoms with Gasteiger partial charge >= 0.3 is 5.97 Å². The fourth-order valence-corrected chi connectivity index (χ4v) is 6.90. The van der Waals surface area contributed by atoms with Gasteiger partial charge in [-0.15, -0.1) is 0 Å². The van der Waals surface area contributed by atoms with Crippen molar-refractivity contribution in [1.82, 2.24) is 0 Å². The lowest BCUT2D eigenvalue weighted by Gasteiger charge is -2.48. The summed E-state index contributed by atoms with van der Waals surface area (Å²) in [5.74, 6) is -0.108. The molecule has 1 aliphatic carbocycles. The first-order valence-electron chi connectivity index (χ1n) is 12.0. The molecule has 0 amide bonds. The number of fused-ring (bicyclic) bond motifs is 3. The molecule has 1 saturated carbocycles. The Morgan fingerprint density at radius 1 is 1.00 bits per heavy atom. The summed E-state index contributed by atoms with van der Waals surface area (Å²) in [7, 11) is 0. The number of halogens is 3. The summed E-state index contributed by atoms with van der Waals surface area (Å²) in [4.78, 5) is 13.2. The summed E-state index contributed by atoms with van der Waals surface area (Å²) < 4.78 is 5.90. The van der Waals surface area contributed by atoms with Gasteiger partial charge in [0.05, 0.1) is 16.0 Å². The number of aliphatic hydroxyl groups is 1. The van der Waals surface area contributed by atoms with Crippen LogP contribution in [-0.4, -0.2) is 41.9 Å². The van der Waals surface area contributed by atoms with Crippen LogP contribution in [0.4, 0.5) is 0 Å². The summed E-state index contributed by atoms with van der Waals surface area (Å²) in [6.07, 6.45) is 5.44. The second kappa shape index (κ2) is 10.5. The number of esters is 1. The number of aromatic hydroxyl groups is 1. The molecule has 2 N–H and O–H groups in total. The second-order valence-electron chi connectivity index (χ2n) is 11.1. The van der Waals surface area contributed by atoms with E-state index in [1.807, 2.05) is 20.8 Å². The molecule has 0 radical (unpaired) electrons. The summed E-state index contributed by atoms with van der Waals surface area (Å²) in [6, 6.07) is 4.98. The average molecular weight is 665 g/mol. The number of carbonyl (C=O) groups excluding carboxylic acids is 1. The SMILES string of the molecule is C=C1CCC(Br)C2(C)CCC(Br)C(C)(O)CCC(Br)C(C)(C)OC(=O)c3ccc(O)c(c3)CC12. The van der Waals surface area contributed by atoms with Gasteiger partial charge in [0, 0.05) is 9.65 Å². The molecule has 1 fully saturated rings. The van der Waals surface area contributed by atoms with Gasteiger partial charge in [0.25, 0.3) is 0 Å². The zero-order valence-electron chi connectivity index (χ0n) is 20.5. The van der Waals surface area contributed by atoms with Crippen LogP contribution in [0.25, 0.3) is 0 Å². The number of hydrogen-bond acceptors (Lipinski definition) is 4. The number of cyclic esters (lactones) is 1. The van der Waals surface area contributed by atoms with Gasteiger partial charge < -0.3 is 14.9 Å². The molecule has 6 unspecified atom stereocenters. The highest BCUT2D eigenvalue weighted by Crippen LogP contribution is 2.52. The Hall–Kier alpha value is -0.370. The van der Waals surface area contributed by atoms with E-state index in [2.05, 4.69) is 61.3 Å². The van der Waals surface area contributed by atoms with Gasteiger partial charge in [-0.05, 0) is 101 Å². The Bertz CT molecular complexity index is 928. The van der Waals surface area contributed by atoms with Gasteiger partial charge in [-0.25, -0.2) is 4.79 Å². The maximum Gasteiger partial charge on any atom is 0.338 e. The number of carbonyl (C=O) groups is 1. The van der Waals surface area contributed by atoms with Gasteiger partial charge in [0.2, 0.25) is 0 Å². The lowest BCUT2D eigenvalue weighted by atomic mass is 9.61. The Morgan fingerprint density at radius 3 is 2.32 bits per heavy atom. The maximum absolute atomic E-state index is 13.1. The first kappa shape index (κ1) is 28.2. The van der Waals surface area contributed by atoms with E-state index in [-0.39, 0.29) is 26.7 Å². The molecule has 0 spiro atoms. The first-order chi connectivity index (χ1) is 15.7. The standard InChI is InChI=1S/C27H37Br3O4/c1-16-6-9-22(29)26(4)12-10-23(30)27(5,33)13-11-21(28)25(2,3)34-24(32)17-7-8-20(31)18(14-17)15-19(16)26/h7-8,14,19,21-23,31,33H,1,6,9-13,15H2,2-5H3. The largest absolute Gasteiger partial charge is 0.508 e. The highest BCUT2D eigenvalue weighted by Gasteiger charge is 2.46. The minimum Gasteiger partial charge on any atom is -0.508 e. The lowest BCUT2D eigenvalue weighted by Crippen LogP contribution is -2.44. The molecule has 1 aliphatic heterocycles. The Balaban J connectivity index is 2.05. The molecule has 2 bridgehead atoms. The van der Waals surface area contributed by atoms with E-state index in [1.165, 1.54) is 5.57 Å². The monoisotopic (exact) mass is 662 g/mol.